The molecular formula is C24H17FN2O5S. The van der Waals surface area contributed by atoms with Crippen LogP contribution in [0, 0.1) is 5.82 Å². The predicted molar refractivity (Wildman–Crippen MR) is 123 cm³/mol. The average Bonchev–Trinajstić information content (AvgIpc) is 3.25. The van der Waals surface area contributed by atoms with Crippen LogP contribution >= 0.6 is 12.2 Å². The van der Waals surface area contributed by atoms with Crippen molar-refractivity contribution in [3.8, 4) is 11.3 Å². The first-order valence-corrected chi connectivity index (χ1v) is 10.3. The van der Waals surface area contributed by atoms with Crippen LogP contribution in [0.25, 0.3) is 17.4 Å². The van der Waals surface area contributed by atoms with Gasteiger partial charge in [-0.05, 0) is 67.7 Å². The van der Waals surface area contributed by atoms with Crippen LogP contribution < -0.4 is 10.2 Å². The van der Waals surface area contributed by atoms with Crippen LogP contribution in [0.2, 0.25) is 0 Å². The molecule has 0 spiro atoms. The van der Waals surface area contributed by atoms with Gasteiger partial charge in [-0.15, -0.1) is 0 Å². The SMILES string of the molecule is CCOC(=O)c1ccc(-c2ccc(/C=C3\C(=O)NC(=S)N(c4cccc(F)c4)C3=O)o2)cc1. The van der Waals surface area contributed by atoms with Crippen molar-refractivity contribution in [3.63, 3.8) is 0 Å². The second-order valence-corrected chi connectivity index (χ2v) is 7.32. The molecule has 3 aromatic rings. The molecule has 0 unspecified atom stereocenters. The van der Waals surface area contributed by atoms with Crippen molar-refractivity contribution in [3.05, 3.63) is 83.4 Å². The summed E-state index contributed by atoms with van der Waals surface area (Å²) in [6.07, 6.45) is 1.29. The molecule has 1 aliphatic rings. The number of ether oxygens (including phenoxy) is 1. The fraction of sp³-hybridized carbons (Fsp3) is 0.0833. The smallest absolute Gasteiger partial charge is 0.338 e. The van der Waals surface area contributed by atoms with Gasteiger partial charge < -0.3 is 9.15 Å². The van der Waals surface area contributed by atoms with Gasteiger partial charge in [0.05, 0.1) is 17.9 Å². The third kappa shape index (κ3) is 4.58. The lowest BCUT2D eigenvalue weighted by Crippen LogP contribution is -2.54. The van der Waals surface area contributed by atoms with E-state index < -0.39 is 23.6 Å². The molecule has 1 saturated heterocycles. The van der Waals surface area contributed by atoms with Gasteiger partial charge in [-0.1, -0.05) is 18.2 Å². The number of hydrogen-bond acceptors (Lipinski definition) is 6. The number of benzene rings is 2. The summed E-state index contributed by atoms with van der Waals surface area (Å²) in [7, 11) is 0. The van der Waals surface area contributed by atoms with Gasteiger partial charge in [-0.2, -0.15) is 0 Å². The van der Waals surface area contributed by atoms with E-state index in [1.807, 2.05) is 0 Å². The van der Waals surface area contributed by atoms with Gasteiger partial charge >= 0.3 is 5.97 Å². The number of esters is 1. The second-order valence-electron chi connectivity index (χ2n) is 6.94. The monoisotopic (exact) mass is 464 g/mol. The summed E-state index contributed by atoms with van der Waals surface area (Å²) >= 11 is 5.10. The molecule has 0 atom stereocenters. The van der Waals surface area contributed by atoms with Gasteiger partial charge in [0.25, 0.3) is 11.8 Å². The molecule has 0 aliphatic carbocycles. The van der Waals surface area contributed by atoms with E-state index in [-0.39, 0.29) is 28.7 Å². The maximum Gasteiger partial charge on any atom is 0.338 e. The first-order valence-electron chi connectivity index (χ1n) is 9.92. The highest BCUT2D eigenvalue weighted by atomic mass is 32.1. The van der Waals surface area contributed by atoms with Crippen molar-refractivity contribution >= 4 is 46.9 Å². The minimum Gasteiger partial charge on any atom is -0.462 e. The first-order chi connectivity index (χ1) is 15.9. The molecule has 7 nitrogen and oxygen atoms in total. The Balaban J connectivity index is 1.60. The maximum atomic E-state index is 13.6. The highest BCUT2D eigenvalue weighted by Crippen LogP contribution is 2.26. The second kappa shape index (κ2) is 9.17. The van der Waals surface area contributed by atoms with Crippen molar-refractivity contribution in [2.24, 2.45) is 0 Å². The molecule has 0 radical (unpaired) electrons. The third-order valence-corrected chi connectivity index (χ3v) is 5.05. The summed E-state index contributed by atoms with van der Waals surface area (Å²) in [5.74, 6) is -1.63. The van der Waals surface area contributed by atoms with Crippen LogP contribution in [0.5, 0.6) is 0 Å². The summed E-state index contributed by atoms with van der Waals surface area (Å²) in [6.45, 7) is 2.01. The van der Waals surface area contributed by atoms with Gasteiger partial charge in [0, 0.05) is 5.56 Å². The third-order valence-electron chi connectivity index (χ3n) is 4.76. The zero-order chi connectivity index (χ0) is 23.5. The lowest BCUT2D eigenvalue weighted by Gasteiger charge is -2.28. The summed E-state index contributed by atoms with van der Waals surface area (Å²) < 4.78 is 24.4. The fourth-order valence-corrected chi connectivity index (χ4v) is 3.50. The Morgan fingerprint density at radius 2 is 1.91 bits per heavy atom. The number of nitrogens with zero attached hydrogens (tertiary/aromatic N) is 1. The number of carbonyl (C=O) groups excluding carboxylic acids is 3. The van der Waals surface area contributed by atoms with Gasteiger partial charge in [0.15, 0.2) is 5.11 Å². The number of thiocarbonyl (C=S) groups is 1. The Morgan fingerprint density at radius 1 is 1.15 bits per heavy atom. The van der Waals surface area contributed by atoms with Crippen molar-refractivity contribution in [1.82, 2.24) is 5.32 Å². The average molecular weight is 464 g/mol. The quantitative estimate of drug-likeness (QED) is 0.265. The van der Waals surface area contributed by atoms with Crippen LogP contribution in [-0.4, -0.2) is 29.5 Å². The van der Waals surface area contributed by atoms with Crippen LogP contribution in [0.15, 0.2) is 70.7 Å². The molecule has 2 aromatic carbocycles. The van der Waals surface area contributed by atoms with Crippen LogP contribution in [0.1, 0.15) is 23.0 Å². The Labute approximate surface area is 193 Å². The van der Waals surface area contributed by atoms with E-state index in [1.165, 1.54) is 24.3 Å². The molecule has 0 saturated carbocycles. The lowest BCUT2D eigenvalue weighted by molar-refractivity contribution is -0.122. The summed E-state index contributed by atoms with van der Waals surface area (Å²) in [5.41, 5.74) is 1.08. The molecular weight excluding hydrogens is 447 g/mol. The normalized spacial score (nSPS) is 15.0. The fourth-order valence-electron chi connectivity index (χ4n) is 3.22. The largest absolute Gasteiger partial charge is 0.462 e. The minimum absolute atomic E-state index is 0.144. The Bertz CT molecular complexity index is 1300. The van der Waals surface area contributed by atoms with Gasteiger partial charge in [0.1, 0.15) is 22.9 Å². The highest BCUT2D eigenvalue weighted by molar-refractivity contribution is 7.80. The molecule has 1 fully saturated rings. The van der Waals surface area contributed by atoms with Gasteiger partial charge in [-0.25, -0.2) is 9.18 Å². The van der Waals surface area contributed by atoms with Crippen molar-refractivity contribution in [2.75, 3.05) is 11.5 Å². The number of rotatable bonds is 5. The molecule has 166 valence electrons. The number of amides is 2. The van der Waals surface area contributed by atoms with E-state index in [2.05, 4.69) is 5.32 Å². The van der Waals surface area contributed by atoms with E-state index in [0.717, 1.165) is 11.0 Å². The minimum atomic E-state index is -0.703. The lowest BCUT2D eigenvalue weighted by atomic mass is 10.1. The zero-order valence-corrected chi connectivity index (χ0v) is 18.1. The van der Waals surface area contributed by atoms with Crippen molar-refractivity contribution in [1.29, 1.82) is 0 Å². The van der Waals surface area contributed by atoms with Crippen LogP contribution in [0.4, 0.5) is 10.1 Å². The summed E-state index contributed by atoms with van der Waals surface area (Å²) in [4.78, 5) is 38.3. The number of anilines is 1. The van der Waals surface area contributed by atoms with Gasteiger partial charge in [0.2, 0.25) is 0 Å². The van der Waals surface area contributed by atoms with Crippen molar-refractivity contribution < 1.29 is 27.9 Å². The van der Waals surface area contributed by atoms with Crippen LogP contribution in [0.3, 0.4) is 0 Å². The molecule has 2 amide bonds. The van der Waals surface area contributed by atoms with E-state index in [1.54, 1.807) is 43.3 Å². The van der Waals surface area contributed by atoms with E-state index in [0.29, 0.717) is 16.9 Å². The number of furan rings is 1. The molecule has 33 heavy (non-hydrogen) atoms. The van der Waals surface area contributed by atoms with E-state index in [9.17, 15) is 18.8 Å². The zero-order valence-electron chi connectivity index (χ0n) is 17.3. The maximum absolute atomic E-state index is 13.6. The molecule has 1 N–H and O–H groups in total. The van der Waals surface area contributed by atoms with Gasteiger partial charge in [-0.3, -0.25) is 19.8 Å². The number of halogens is 1. The molecule has 1 aromatic heterocycles. The molecule has 2 heterocycles. The van der Waals surface area contributed by atoms with Crippen LogP contribution in [-0.2, 0) is 14.3 Å². The number of hydrogen-bond donors (Lipinski definition) is 1. The Morgan fingerprint density at radius 3 is 2.61 bits per heavy atom. The van der Waals surface area contributed by atoms with E-state index in [4.69, 9.17) is 21.4 Å². The van der Waals surface area contributed by atoms with Crippen molar-refractivity contribution in [2.45, 2.75) is 6.92 Å². The Hall–Kier alpha value is -4.11. The number of nitrogens with one attached hydrogen (secondary N) is 1. The predicted octanol–water partition coefficient (Wildman–Crippen LogP) is 4.09. The molecule has 0 bridgehead atoms. The number of carbonyl (C=O) groups is 3. The molecule has 4 rings (SSSR count). The molecule has 1 aliphatic heterocycles. The Kier molecular flexibility index (Phi) is 6.14. The first kappa shape index (κ1) is 22.1. The standard InChI is InChI=1S/C24H17FN2O5S/c1-2-31-23(30)15-8-6-14(7-9-15)20-11-10-18(32-20)13-19-21(28)26-24(33)27(22(19)29)17-5-3-4-16(25)12-17/h3-13H,2H2,1H3,(H,26,28,33)/b19-13+. The summed E-state index contributed by atoms with van der Waals surface area (Å²) in [6, 6.07) is 15.2. The van der Waals surface area contributed by atoms with E-state index >= 15 is 0 Å². The topological polar surface area (TPSA) is 88.9 Å². The highest BCUT2D eigenvalue weighted by Gasteiger charge is 2.34. The molecule has 9 heteroatoms. The summed E-state index contributed by atoms with van der Waals surface area (Å²) in [5, 5.41) is 2.29.